The summed E-state index contributed by atoms with van der Waals surface area (Å²) in [6.07, 6.45) is 2.27. The maximum Gasteiger partial charge on any atom is 0.320 e. The molecule has 0 heterocycles. The van der Waals surface area contributed by atoms with Crippen molar-refractivity contribution in [3.8, 4) is 0 Å². The van der Waals surface area contributed by atoms with Crippen LogP contribution < -0.4 is 11.1 Å². The number of carboxylic acid groups (broad SMARTS) is 1. The largest absolute Gasteiger partial charge is 0.480 e. The fourth-order valence-electron chi connectivity index (χ4n) is 1.81. The molecule has 6 heteroatoms. The third-order valence-corrected chi connectivity index (χ3v) is 3.07. The van der Waals surface area contributed by atoms with E-state index in [-0.39, 0.29) is 24.8 Å². The summed E-state index contributed by atoms with van der Waals surface area (Å²) in [5.41, 5.74) is 6.73. The Hall–Kier alpha value is -0.810. The lowest BCUT2D eigenvalue weighted by Gasteiger charge is -2.18. The van der Waals surface area contributed by atoms with Crippen molar-refractivity contribution in [2.24, 2.45) is 5.73 Å². The van der Waals surface area contributed by atoms with Gasteiger partial charge in [-0.1, -0.05) is 37.3 Å². The van der Waals surface area contributed by atoms with Gasteiger partial charge in [-0.05, 0) is 24.8 Å². The van der Waals surface area contributed by atoms with E-state index in [1.54, 1.807) is 0 Å². The van der Waals surface area contributed by atoms with Crippen LogP contribution in [0.25, 0.3) is 0 Å². The van der Waals surface area contributed by atoms with E-state index in [0.29, 0.717) is 12.5 Å². The van der Waals surface area contributed by atoms with Crippen LogP contribution in [0.5, 0.6) is 0 Å². The topological polar surface area (TPSA) is 75.4 Å². The highest BCUT2D eigenvalue weighted by Crippen LogP contribution is 2.06. The van der Waals surface area contributed by atoms with Gasteiger partial charge in [0.1, 0.15) is 6.04 Å². The molecular formula is C14H24Cl2N2O2. The fourth-order valence-corrected chi connectivity index (χ4v) is 1.81. The smallest absolute Gasteiger partial charge is 0.320 e. The number of carboxylic acids is 1. The Morgan fingerprint density at radius 2 is 1.85 bits per heavy atom. The molecular weight excluding hydrogens is 299 g/mol. The summed E-state index contributed by atoms with van der Waals surface area (Å²) in [4.78, 5) is 10.6. The first-order chi connectivity index (χ1) is 8.63. The Labute approximate surface area is 133 Å². The molecule has 0 saturated carbocycles. The first-order valence-corrected chi connectivity index (χ1v) is 6.39. The van der Waals surface area contributed by atoms with Crippen LogP contribution in [-0.2, 0) is 11.3 Å². The number of hydrogen-bond acceptors (Lipinski definition) is 3. The van der Waals surface area contributed by atoms with Crippen LogP contribution in [0.1, 0.15) is 31.7 Å². The van der Waals surface area contributed by atoms with E-state index in [4.69, 9.17) is 10.8 Å². The number of aliphatic carboxylic acids is 1. The number of halogens is 2. The summed E-state index contributed by atoms with van der Waals surface area (Å²) >= 11 is 0. The highest BCUT2D eigenvalue weighted by Gasteiger charge is 2.14. The Kier molecular flexibility index (Phi) is 12.9. The summed E-state index contributed by atoms with van der Waals surface area (Å²) < 4.78 is 0. The van der Waals surface area contributed by atoms with Crippen molar-refractivity contribution in [2.75, 3.05) is 0 Å². The molecule has 0 radical (unpaired) electrons. The number of hydrogen-bond donors (Lipinski definition) is 3. The van der Waals surface area contributed by atoms with E-state index >= 15 is 0 Å². The molecule has 20 heavy (non-hydrogen) atoms. The molecule has 0 aliphatic rings. The molecule has 0 aromatic heterocycles. The van der Waals surface area contributed by atoms with Crippen molar-refractivity contribution < 1.29 is 9.90 Å². The molecule has 1 rings (SSSR count). The van der Waals surface area contributed by atoms with Gasteiger partial charge in [-0.3, -0.25) is 4.79 Å². The van der Waals surface area contributed by atoms with E-state index in [0.717, 1.165) is 19.4 Å². The summed E-state index contributed by atoms with van der Waals surface area (Å²) in [6, 6.07) is 9.72. The Morgan fingerprint density at radius 3 is 2.35 bits per heavy atom. The molecule has 0 aliphatic heterocycles. The summed E-state index contributed by atoms with van der Waals surface area (Å²) in [7, 11) is 0. The predicted octanol–water partition coefficient (Wildman–Crippen LogP) is 2.59. The van der Waals surface area contributed by atoms with Crippen LogP contribution in [0.2, 0.25) is 0 Å². The van der Waals surface area contributed by atoms with Gasteiger partial charge in [0, 0.05) is 12.6 Å². The molecule has 2 atom stereocenters. The highest BCUT2D eigenvalue weighted by molar-refractivity contribution is 5.85. The minimum absolute atomic E-state index is 0. The fraction of sp³-hybridized carbons (Fsp3) is 0.500. The van der Waals surface area contributed by atoms with Crippen molar-refractivity contribution in [3.63, 3.8) is 0 Å². The Morgan fingerprint density at radius 1 is 1.25 bits per heavy atom. The van der Waals surface area contributed by atoms with Gasteiger partial charge in [0.2, 0.25) is 0 Å². The van der Waals surface area contributed by atoms with Crippen LogP contribution in [-0.4, -0.2) is 23.2 Å². The van der Waals surface area contributed by atoms with Gasteiger partial charge in [-0.2, -0.15) is 0 Å². The van der Waals surface area contributed by atoms with Crippen molar-refractivity contribution in [2.45, 2.75) is 44.8 Å². The second kappa shape index (κ2) is 12.0. The quantitative estimate of drug-likeness (QED) is 0.687. The van der Waals surface area contributed by atoms with Crippen LogP contribution >= 0.6 is 24.8 Å². The number of rotatable bonds is 8. The second-order valence-electron chi connectivity index (χ2n) is 4.49. The minimum atomic E-state index is -0.923. The molecule has 0 fully saturated rings. The highest BCUT2D eigenvalue weighted by atomic mass is 35.5. The summed E-state index contributed by atoms with van der Waals surface area (Å²) in [6.45, 7) is 2.90. The number of nitrogens with one attached hydrogen (secondary N) is 1. The van der Waals surface area contributed by atoms with Gasteiger partial charge in [0.15, 0.2) is 0 Å². The number of nitrogens with two attached hydrogens (primary N) is 1. The van der Waals surface area contributed by atoms with Gasteiger partial charge >= 0.3 is 5.97 Å². The molecule has 1 aromatic rings. The molecule has 1 aromatic carbocycles. The van der Waals surface area contributed by atoms with Crippen LogP contribution in [0, 0.1) is 0 Å². The maximum absolute atomic E-state index is 10.6. The molecule has 0 spiro atoms. The first-order valence-electron chi connectivity index (χ1n) is 6.39. The molecule has 0 aliphatic carbocycles. The summed E-state index contributed by atoms with van der Waals surface area (Å²) in [5, 5.41) is 12.2. The number of benzene rings is 1. The SMILES string of the molecule is CCC(CC[C@H](N)C(=O)O)NCc1ccccc1.Cl.Cl. The Bertz CT molecular complexity index is 363. The lowest BCUT2D eigenvalue weighted by Crippen LogP contribution is -2.34. The van der Waals surface area contributed by atoms with Gasteiger partial charge < -0.3 is 16.2 Å². The van der Waals surface area contributed by atoms with Crippen LogP contribution in [0.3, 0.4) is 0 Å². The molecule has 0 bridgehead atoms. The summed E-state index contributed by atoms with van der Waals surface area (Å²) in [5.74, 6) is -0.923. The normalized spacial score (nSPS) is 12.7. The number of carbonyl (C=O) groups is 1. The molecule has 0 saturated heterocycles. The van der Waals surface area contributed by atoms with Crippen molar-refractivity contribution >= 4 is 30.8 Å². The second-order valence-corrected chi connectivity index (χ2v) is 4.49. The van der Waals surface area contributed by atoms with Crippen molar-refractivity contribution in [1.29, 1.82) is 0 Å². The average molecular weight is 323 g/mol. The van der Waals surface area contributed by atoms with Crippen LogP contribution in [0.4, 0.5) is 0 Å². The average Bonchev–Trinajstić information content (AvgIpc) is 2.39. The van der Waals surface area contributed by atoms with E-state index in [9.17, 15) is 4.79 Å². The third-order valence-electron chi connectivity index (χ3n) is 3.07. The predicted molar refractivity (Wildman–Crippen MR) is 86.7 cm³/mol. The van der Waals surface area contributed by atoms with Gasteiger partial charge in [0.05, 0.1) is 0 Å². The molecule has 0 amide bonds. The standard InChI is InChI=1S/C14H22N2O2.2ClH/c1-2-12(8-9-13(15)14(17)18)16-10-11-6-4-3-5-7-11;;/h3-7,12-13,16H,2,8-10,15H2,1H3,(H,17,18);2*1H/t12?,13-;;/m0../s1. The zero-order valence-electron chi connectivity index (χ0n) is 11.6. The maximum atomic E-state index is 10.6. The minimum Gasteiger partial charge on any atom is -0.480 e. The van der Waals surface area contributed by atoms with Gasteiger partial charge in [-0.25, -0.2) is 0 Å². The lowest BCUT2D eigenvalue weighted by molar-refractivity contribution is -0.138. The van der Waals surface area contributed by atoms with Crippen molar-refractivity contribution in [1.82, 2.24) is 5.32 Å². The van der Waals surface area contributed by atoms with Gasteiger partial charge in [-0.15, -0.1) is 24.8 Å². The van der Waals surface area contributed by atoms with Crippen LogP contribution in [0.15, 0.2) is 30.3 Å². The molecule has 1 unspecified atom stereocenters. The molecule has 4 nitrogen and oxygen atoms in total. The van der Waals surface area contributed by atoms with E-state index in [1.807, 2.05) is 18.2 Å². The zero-order chi connectivity index (χ0) is 13.4. The molecule has 4 N–H and O–H groups in total. The van der Waals surface area contributed by atoms with E-state index in [1.165, 1.54) is 5.56 Å². The van der Waals surface area contributed by atoms with Crippen molar-refractivity contribution in [3.05, 3.63) is 35.9 Å². The zero-order valence-corrected chi connectivity index (χ0v) is 13.3. The monoisotopic (exact) mass is 322 g/mol. The van der Waals surface area contributed by atoms with E-state index < -0.39 is 12.0 Å². The first kappa shape index (κ1) is 21.5. The van der Waals surface area contributed by atoms with E-state index in [2.05, 4.69) is 24.4 Å². The molecule has 116 valence electrons. The third kappa shape index (κ3) is 8.38. The Balaban J connectivity index is 0. The van der Waals surface area contributed by atoms with Gasteiger partial charge in [0.25, 0.3) is 0 Å². The lowest BCUT2D eigenvalue weighted by atomic mass is 10.0.